The molecule has 0 bridgehead atoms. The quantitative estimate of drug-likeness (QED) is 0.693. The third-order valence-corrected chi connectivity index (χ3v) is 4.02. The number of rotatable bonds is 5. The molecule has 15 heavy (non-hydrogen) atoms. The molecule has 88 valence electrons. The number of nitrogens with zero attached hydrogens (tertiary/aromatic N) is 1. The first-order chi connectivity index (χ1) is 7.31. The van der Waals surface area contributed by atoms with Gasteiger partial charge in [0.15, 0.2) is 0 Å². The minimum Gasteiger partial charge on any atom is -0.383 e. The highest BCUT2D eigenvalue weighted by molar-refractivity contribution is 4.90. The van der Waals surface area contributed by atoms with Crippen LogP contribution in [-0.4, -0.2) is 37.2 Å². The maximum Gasteiger partial charge on any atom is 0.0589 e. The second-order valence-electron chi connectivity index (χ2n) is 5.38. The molecule has 2 nitrogen and oxygen atoms in total. The van der Waals surface area contributed by atoms with Crippen LogP contribution in [0.4, 0.5) is 0 Å². The molecule has 0 atom stereocenters. The molecule has 0 radical (unpaired) electrons. The Balaban J connectivity index is 1.81. The van der Waals surface area contributed by atoms with Gasteiger partial charge in [-0.25, -0.2) is 0 Å². The van der Waals surface area contributed by atoms with Crippen LogP contribution in [0.25, 0.3) is 0 Å². The Morgan fingerprint density at radius 1 is 1.00 bits per heavy atom. The van der Waals surface area contributed by atoms with Crippen LogP contribution in [0.5, 0.6) is 0 Å². The topological polar surface area (TPSA) is 12.5 Å². The van der Waals surface area contributed by atoms with Gasteiger partial charge in [0.1, 0.15) is 0 Å². The van der Waals surface area contributed by atoms with Crippen molar-refractivity contribution in [2.24, 2.45) is 5.92 Å². The van der Waals surface area contributed by atoms with Gasteiger partial charge in [0.25, 0.3) is 0 Å². The van der Waals surface area contributed by atoms with Crippen LogP contribution in [-0.2, 0) is 4.74 Å². The standard InChI is InChI=1S/C13H25NO/c1-11-3-5-12(6-4-11)14(9-10-15-2)13-7-8-13/h11-13H,3-10H2,1-2H3. The summed E-state index contributed by atoms with van der Waals surface area (Å²) >= 11 is 0. The first-order valence-electron chi connectivity index (χ1n) is 6.56. The zero-order valence-electron chi connectivity index (χ0n) is 10.2. The van der Waals surface area contributed by atoms with Crippen LogP contribution < -0.4 is 0 Å². The highest BCUT2D eigenvalue weighted by atomic mass is 16.5. The van der Waals surface area contributed by atoms with Crippen molar-refractivity contribution in [2.75, 3.05) is 20.3 Å². The Morgan fingerprint density at radius 2 is 1.53 bits per heavy atom. The predicted octanol–water partition coefficient (Wildman–Crippen LogP) is 2.68. The van der Waals surface area contributed by atoms with Crippen molar-refractivity contribution < 1.29 is 4.74 Å². The minimum absolute atomic E-state index is 0.865. The third kappa shape index (κ3) is 3.18. The van der Waals surface area contributed by atoms with Crippen LogP contribution >= 0.6 is 0 Å². The van der Waals surface area contributed by atoms with Gasteiger partial charge in [-0.1, -0.05) is 6.92 Å². The summed E-state index contributed by atoms with van der Waals surface area (Å²) in [7, 11) is 1.81. The SMILES string of the molecule is COCCN(C1CCC(C)CC1)C1CC1. The molecule has 0 spiro atoms. The van der Waals surface area contributed by atoms with Crippen molar-refractivity contribution in [2.45, 2.75) is 57.5 Å². The van der Waals surface area contributed by atoms with Gasteiger partial charge >= 0.3 is 0 Å². The van der Waals surface area contributed by atoms with E-state index in [-0.39, 0.29) is 0 Å². The van der Waals surface area contributed by atoms with Gasteiger partial charge in [-0.15, -0.1) is 0 Å². The summed E-state index contributed by atoms with van der Waals surface area (Å²) in [5, 5.41) is 0. The molecule has 0 N–H and O–H groups in total. The van der Waals surface area contributed by atoms with Gasteiger partial charge in [0.05, 0.1) is 6.61 Å². The summed E-state index contributed by atoms with van der Waals surface area (Å²) in [6.45, 7) is 4.45. The second kappa shape index (κ2) is 5.31. The van der Waals surface area contributed by atoms with Gasteiger partial charge in [-0.2, -0.15) is 0 Å². The highest BCUT2D eigenvalue weighted by Gasteiger charge is 2.34. The normalized spacial score (nSPS) is 32.2. The van der Waals surface area contributed by atoms with Crippen LogP contribution in [0.1, 0.15) is 45.4 Å². The van der Waals surface area contributed by atoms with E-state index in [1.54, 1.807) is 0 Å². The van der Waals surface area contributed by atoms with Gasteiger partial charge < -0.3 is 4.74 Å². The number of hydrogen-bond acceptors (Lipinski definition) is 2. The van der Waals surface area contributed by atoms with Crippen molar-refractivity contribution in [3.05, 3.63) is 0 Å². The molecule has 2 fully saturated rings. The molecular formula is C13H25NO. The molecule has 0 aromatic carbocycles. The van der Waals surface area contributed by atoms with Gasteiger partial charge in [0.2, 0.25) is 0 Å². The van der Waals surface area contributed by atoms with E-state index in [9.17, 15) is 0 Å². The second-order valence-corrected chi connectivity index (χ2v) is 5.38. The average molecular weight is 211 g/mol. The number of hydrogen-bond donors (Lipinski definition) is 0. The highest BCUT2D eigenvalue weighted by Crippen LogP contribution is 2.34. The molecule has 0 aromatic rings. The fraction of sp³-hybridized carbons (Fsp3) is 1.00. The lowest BCUT2D eigenvalue weighted by Gasteiger charge is -2.36. The summed E-state index contributed by atoms with van der Waals surface area (Å²) in [5.41, 5.74) is 0. The van der Waals surface area contributed by atoms with E-state index >= 15 is 0 Å². The molecule has 2 aliphatic carbocycles. The Kier molecular flexibility index (Phi) is 4.04. The van der Waals surface area contributed by atoms with Gasteiger partial charge in [-0.05, 0) is 44.4 Å². The molecule has 0 aliphatic heterocycles. The molecule has 2 saturated carbocycles. The first kappa shape index (κ1) is 11.4. The molecular weight excluding hydrogens is 186 g/mol. The molecule has 2 rings (SSSR count). The van der Waals surface area contributed by atoms with E-state index in [1.807, 2.05) is 7.11 Å². The van der Waals surface area contributed by atoms with Crippen molar-refractivity contribution in [3.8, 4) is 0 Å². The zero-order chi connectivity index (χ0) is 10.7. The van der Waals surface area contributed by atoms with Crippen molar-refractivity contribution in [3.63, 3.8) is 0 Å². The zero-order valence-corrected chi connectivity index (χ0v) is 10.2. The van der Waals surface area contributed by atoms with Crippen LogP contribution in [0, 0.1) is 5.92 Å². The summed E-state index contributed by atoms with van der Waals surface area (Å²) in [6, 6.07) is 1.77. The Labute approximate surface area is 94.0 Å². The average Bonchev–Trinajstić information content (AvgIpc) is 3.05. The lowest BCUT2D eigenvalue weighted by Crippen LogP contribution is -2.41. The lowest BCUT2D eigenvalue weighted by molar-refractivity contribution is 0.0885. The monoisotopic (exact) mass is 211 g/mol. The van der Waals surface area contributed by atoms with Crippen LogP contribution in [0.3, 0.4) is 0 Å². The molecule has 0 aromatic heterocycles. The maximum absolute atomic E-state index is 5.22. The number of methoxy groups -OCH3 is 1. The largest absolute Gasteiger partial charge is 0.383 e. The van der Waals surface area contributed by atoms with Crippen molar-refractivity contribution in [1.29, 1.82) is 0 Å². The van der Waals surface area contributed by atoms with Crippen LogP contribution in [0.2, 0.25) is 0 Å². The third-order valence-electron chi connectivity index (χ3n) is 4.02. The van der Waals surface area contributed by atoms with E-state index < -0.39 is 0 Å². The Bertz CT molecular complexity index is 183. The summed E-state index contributed by atoms with van der Waals surface area (Å²) < 4.78 is 5.22. The van der Waals surface area contributed by atoms with E-state index in [0.29, 0.717) is 0 Å². The molecule has 0 amide bonds. The fourth-order valence-corrected chi connectivity index (χ4v) is 2.84. The maximum atomic E-state index is 5.22. The summed E-state index contributed by atoms with van der Waals surface area (Å²) in [5.74, 6) is 0.963. The lowest BCUT2D eigenvalue weighted by atomic mass is 9.86. The van der Waals surface area contributed by atoms with Crippen LogP contribution in [0.15, 0.2) is 0 Å². The Morgan fingerprint density at radius 3 is 2.00 bits per heavy atom. The van der Waals surface area contributed by atoms with E-state index in [1.165, 1.54) is 38.5 Å². The van der Waals surface area contributed by atoms with E-state index in [2.05, 4.69) is 11.8 Å². The van der Waals surface area contributed by atoms with Crippen molar-refractivity contribution >= 4 is 0 Å². The van der Waals surface area contributed by atoms with E-state index in [4.69, 9.17) is 4.74 Å². The smallest absolute Gasteiger partial charge is 0.0589 e. The molecule has 0 heterocycles. The fourth-order valence-electron chi connectivity index (χ4n) is 2.84. The molecule has 0 saturated heterocycles. The molecule has 2 aliphatic rings. The summed E-state index contributed by atoms with van der Waals surface area (Å²) in [4.78, 5) is 2.73. The summed E-state index contributed by atoms with van der Waals surface area (Å²) in [6.07, 6.45) is 8.55. The molecule has 2 heteroatoms. The van der Waals surface area contributed by atoms with E-state index in [0.717, 1.165) is 31.2 Å². The van der Waals surface area contributed by atoms with Crippen molar-refractivity contribution in [1.82, 2.24) is 4.90 Å². The Hall–Kier alpha value is -0.0800. The number of ether oxygens (including phenoxy) is 1. The van der Waals surface area contributed by atoms with Gasteiger partial charge in [0, 0.05) is 25.7 Å². The molecule has 0 unspecified atom stereocenters. The predicted molar refractivity (Wildman–Crippen MR) is 63.0 cm³/mol. The first-order valence-corrected chi connectivity index (χ1v) is 6.56. The minimum atomic E-state index is 0.865. The van der Waals surface area contributed by atoms with Gasteiger partial charge in [-0.3, -0.25) is 4.90 Å².